The lowest BCUT2D eigenvalue weighted by molar-refractivity contribution is -0.117. The molecule has 20 heavy (non-hydrogen) atoms. The Labute approximate surface area is 118 Å². The third-order valence-electron chi connectivity index (χ3n) is 2.73. The van der Waals surface area contributed by atoms with E-state index >= 15 is 0 Å². The summed E-state index contributed by atoms with van der Waals surface area (Å²) in [5, 5.41) is 10.3. The van der Waals surface area contributed by atoms with Gasteiger partial charge in [0, 0.05) is 5.56 Å². The molecule has 1 aliphatic heterocycles. The maximum Gasteiger partial charge on any atom is 0.416 e. The molecule has 0 spiro atoms. The first-order chi connectivity index (χ1) is 9.72. The van der Waals surface area contributed by atoms with Gasteiger partial charge in [-0.15, -0.1) is 10.2 Å². The molecule has 2 aromatic rings. The zero-order valence-corrected chi connectivity index (χ0v) is 11.1. The largest absolute Gasteiger partial charge is 0.416 e. The first-order valence-corrected chi connectivity index (χ1v) is 6.71. The van der Waals surface area contributed by atoms with Crippen molar-refractivity contribution in [2.75, 3.05) is 11.9 Å². The first-order valence-electron chi connectivity index (χ1n) is 5.83. The van der Waals surface area contributed by atoms with Gasteiger partial charge in [0.15, 0.2) is 0 Å². The summed E-state index contributed by atoms with van der Waals surface area (Å²) >= 11 is 1.21. The zero-order chi connectivity index (χ0) is 13.9. The molecule has 7 nitrogen and oxygen atoms in total. The minimum absolute atomic E-state index is 0.0905. The average molecular weight is 290 g/mol. The summed E-state index contributed by atoms with van der Waals surface area (Å²) in [6.07, 6.45) is -0.531. The Hall–Kier alpha value is -2.48. The number of hydrogen-bond acceptors (Lipinski definition) is 6. The number of carbonyl (C=O) groups is 2. The van der Waals surface area contributed by atoms with Crippen LogP contribution in [0.2, 0.25) is 0 Å². The Balaban J connectivity index is 1.66. The Morgan fingerprint density at radius 3 is 3.10 bits per heavy atom. The van der Waals surface area contributed by atoms with Gasteiger partial charge in [-0.25, -0.2) is 4.79 Å². The van der Waals surface area contributed by atoms with Gasteiger partial charge in [-0.1, -0.05) is 29.5 Å². The lowest BCUT2D eigenvalue weighted by atomic mass is 10.1. The highest BCUT2D eigenvalue weighted by Gasteiger charge is 2.26. The van der Waals surface area contributed by atoms with Crippen LogP contribution in [0.5, 0.6) is 5.75 Å². The predicted molar refractivity (Wildman–Crippen MR) is 71.4 cm³/mol. The van der Waals surface area contributed by atoms with E-state index in [0.29, 0.717) is 17.4 Å². The second kappa shape index (κ2) is 5.25. The Morgan fingerprint density at radius 2 is 2.30 bits per heavy atom. The third kappa shape index (κ3) is 2.59. The van der Waals surface area contributed by atoms with E-state index in [-0.39, 0.29) is 12.5 Å². The van der Waals surface area contributed by atoms with E-state index in [2.05, 4.69) is 15.5 Å². The van der Waals surface area contributed by atoms with Gasteiger partial charge in [0.05, 0.1) is 6.54 Å². The van der Waals surface area contributed by atoms with Crippen LogP contribution in [-0.2, 0) is 11.3 Å². The molecule has 0 fully saturated rings. The zero-order valence-electron chi connectivity index (χ0n) is 10.3. The maximum atomic E-state index is 11.8. The Kier molecular flexibility index (Phi) is 3.30. The molecular formula is C12H10N4O3S. The molecule has 0 aliphatic carbocycles. The highest BCUT2D eigenvalue weighted by atomic mass is 32.1. The number of para-hydroxylation sites is 1. The minimum atomic E-state index is -0.531. The van der Waals surface area contributed by atoms with Gasteiger partial charge in [0.1, 0.15) is 17.8 Å². The molecule has 0 radical (unpaired) electrons. The van der Waals surface area contributed by atoms with Crippen LogP contribution >= 0.6 is 11.3 Å². The second-order valence-corrected chi connectivity index (χ2v) is 4.96. The highest BCUT2D eigenvalue weighted by Crippen LogP contribution is 2.25. The predicted octanol–water partition coefficient (Wildman–Crippen LogP) is 1.49. The molecule has 8 heteroatoms. The lowest BCUT2D eigenvalue weighted by Crippen LogP contribution is -2.41. The SMILES string of the molecule is O=C(CN1Cc2ccccc2OC1=O)Nc1nncs1. The van der Waals surface area contributed by atoms with Gasteiger partial charge in [-0.3, -0.25) is 15.0 Å². The summed E-state index contributed by atoms with van der Waals surface area (Å²) in [7, 11) is 0. The number of fused-ring (bicyclic) bond motifs is 1. The van der Waals surface area contributed by atoms with Crippen LogP contribution in [0.25, 0.3) is 0 Å². The number of benzene rings is 1. The Bertz CT molecular complexity index is 644. The fourth-order valence-corrected chi connectivity index (χ4v) is 2.30. The van der Waals surface area contributed by atoms with Gasteiger partial charge in [-0.05, 0) is 6.07 Å². The van der Waals surface area contributed by atoms with Gasteiger partial charge in [0.25, 0.3) is 0 Å². The van der Waals surface area contributed by atoms with E-state index in [1.165, 1.54) is 21.7 Å². The number of nitrogens with zero attached hydrogens (tertiary/aromatic N) is 3. The number of carbonyl (C=O) groups excluding carboxylic acids is 2. The monoisotopic (exact) mass is 290 g/mol. The molecule has 1 N–H and O–H groups in total. The fraction of sp³-hybridized carbons (Fsp3) is 0.167. The summed E-state index contributed by atoms with van der Waals surface area (Å²) in [5.41, 5.74) is 2.39. The number of ether oxygens (including phenoxy) is 1. The number of anilines is 1. The molecule has 0 atom stereocenters. The molecular weight excluding hydrogens is 280 g/mol. The van der Waals surface area contributed by atoms with Gasteiger partial charge >= 0.3 is 6.09 Å². The van der Waals surface area contributed by atoms with Crippen molar-refractivity contribution in [1.29, 1.82) is 0 Å². The smallest absolute Gasteiger partial charge is 0.410 e. The van der Waals surface area contributed by atoms with Crippen LogP contribution in [0, 0.1) is 0 Å². The molecule has 0 saturated heterocycles. The molecule has 3 rings (SSSR count). The quantitative estimate of drug-likeness (QED) is 0.925. The first kappa shape index (κ1) is 12.5. The normalized spacial score (nSPS) is 13.6. The molecule has 102 valence electrons. The molecule has 1 aliphatic rings. The van der Waals surface area contributed by atoms with E-state index in [0.717, 1.165) is 5.56 Å². The van der Waals surface area contributed by atoms with E-state index in [1.54, 1.807) is 12.1 Å². The van der Waals surface area contributed by atoms with Crippen molar-refractivity contribution in [3.8, 4) is 5.75 Å². The highest BCUT2D eigenvalue weighted by molar-refractivity contribution is 7.13. The molecule has 0 unspecified atom stereocenters. The number of rotatable bonds is 3. The summed E-state index contributed by atoms with van der Waals surface area (Å²) in [6.45, 7) is 0.255. The van der Waals surface area contributed by atoms with Crippen molar-refractivity contribution in [3.63, 3.8) is 0 Å². The number of aromatic nitrogens is 2. The van der Waals surface area contributed by atoms with Crippen molar-refractivity contribution in [3.05, 3.63) is 35.3 Å². The lowest BCUT2D eigenvalue weighted by Gasteiger charge is -2.27. The van der Waals surface area contributed by atoms with Crippen molar-refractivity contribution < 1.29 is 14.3 Å². The van der Waals surface area contributed by atoms with Crippen molar-refractivity contribution in [1.82, 2.24) is 15.1 Å². The molecule has 0 bridgehead atoms. The average Bonchev–Trinajstić information content (AvgIpc) is 2.92. The van der Waals surface area contributed by atoms with Crippen molar-refractivity contribution in [2.45, 2.75) is 6.54 Å². The fourth-order valence-electron chi connectivity index (χ4n) is 1.84. The molecule has 0 saturated carbocycles. The number of hydrogen-bond donors (Lipinski definition) is 1. The van der Waals surface area contributed by atoms with Gasteiger partial charge in [0.2, 0.25) is 11.0 Å². The summed E-state index contributed by atoms with van der Waals surface area (Å²) in [5.74, 6) is 0.205. The van der Waals surface area contributed by atoms with Crippen LogP contribution < -0.4 is 10.1 Å². The van der Waals surface area contributed by atoms with Crippen LogP contribution in [-0.4, -0.2) is 33.6 Å². The van der Waals surface area contributed by atoms with E-state index < -0.39 is 6.09 Å². The van der Waals surface area contributed by atoms with Gasteiger partial charge in [-0.2, -0.15) is 0 Å². The second-order valence-electron chi connectivity index (χ2n) is 4.12. The van der Waals surface area contributed by atoms with E-state index in [4.69, 9.17) is 4.74 Å². The third-order valence-corrected chi connectivity index (χ3v) is 3.34. The topological polar surface area (TPSA) is 84.4 Å². The van der Waals surface area contributed by atoms with E-state index in [1.807, 2.05) is 12.1 Å². The minimum Gasteiger partial charge on any atom is -0.410 e. The van der Waals surface area contributed by atoms with Gasteiger partial charge < -0.3 is 4.74 Å². The maximum absolute atomic E-state index is 11.8. The summed E-state index contributed by atoms with van der Waals surface area (Å²) in [4.78, 5) is 24.9. The summed E-state index contributed by atoms with van der Waals surface area (Å²) in [6, 6.07) is 7.24. The van der Waals surface area contributed by atoms with Crippen LogP contribution in [0.1, 0.15) is 5.56 Å². The van der Waals surface area contributed by atoms with Crippen molar-refractivity contribution >= 4 is 28.5 Å². The van der Waals surface area contributed by atoms with Crippen LogP contribution in [0.15, 0.2) is 29.8 Å². The summed E-state index contributed by atoms with van der Waals surface area (Å²) < 4.78 is 5.16. The molecule has 2 heterocycles. The molecule has 1 aromatic heterocycles. The van der Waals surface area contributed by atoms with Crippen molar-refractivity contribution in [2.24, 2.45) is 0 Å². The number of amides is 2. The molecule has 1 aromatic carbocycles. The Morgan fingerprint density at radius 1 is 1.45 bits per heavy atom. The van der Waals surface area contributed by atoms with E-state index in [9.17, 15) is 9.59 Å². The van der Waals surface area contributed by atoms with Crippen LogP contribution in [0.3, 0.4) is 0 Å². The number of nitrogens with one attached hydrogen (secondary N) is 1. The molecule has 2 amide bonds. The van der Waals surface area contributed by atoms with Crippen LogP contribution in [0.4, 0.5) is 9.93 Å². The standard InChI is InChI=1S/C12H10N4O3S/c17-10(14-11-15-13-7-20-11)6-16-5-8-3-1-2-4-9(8)19-12(16)18/h1-4,7H,5-6H2,(H,14,15,17).